The molecule has 0 saturated heterocycles. The van der Waals surface area contributed by atoms with Gasteiger partial charge in [-0.2, -0.15) is 0 Å². The van der Waals surface area contributed by atoms with Gasteiger partial charge in [-0.3, -0.25) is 9.78 Å². The highest BCUT2D eigenvalue weighted by Crippen LogP contribution is 2.39. The van der Waals surface area contributed by atoms with Crippen LogP contribution >= 0.6 is 0 Å². The summed E-state index contributed by atoms with van der Waals surface area (Å²) in [5.41, 5.74) is 0.814. The van der Waals surface area contributed by atoms with E-state index in [0.29, 0.717) is 11.5 Å². The highest BCUT2D eigenvalue weighted by molar-refractivity contribution is 5.22. The molecule has 0 unspecified atom stereocenters. The Morgan fingerprint density at radius 1 is 1.25 bits per heavy atom. The Balaban J connectivity index is 2.66. The minimum atomic E-state index is -0.396. The van der Waals surface area contributed by atoms with Crippen LogP contribution < -0.4 is 11.2 Å². The first kappa shape index (κ1) is 7.34. The third-order valence-electron chi connectivity index (χ3n) is 2.21. The summed E-state index contributed by atoms with van der Waals surface area (Å²) in [5.74, 6) is 0.417. The van der Waals surface area contributed by atoms with E-state index in [0.717, 1.165) is 18.5 Å². The molecule has 0 bridgehead atoms. The molecule has 2 N–H and O–H groups in total. The van der Waals surface area contributed by atoms with Gasteiger partial charge in [-0.15, -0.1) is 0 Å². The topological polar surface area (TPSA) is 65.7 Å². The average Bonchev–Trinajstić information content (AvgIpc) is 2.79. The molecule has 4 heteroatoms. The number of nitrogens with one attached hydrogen (secondary N) is 2. The molecule has 0 amide bonds. The van der Waals surface area contributed by atoms with Crippen LogP contribution in [0.25, 0.3) is 0 Å². The van der Waals surface area contributed by atoms with E-state index in [2.05, 4.69) is 9.97 Å². The Hall–Kier alpha value is -1.32. The van der Waals surface area contributed by atoms with Gasteiger partial charge in [0.1, 0.15) is 0 Å². The molecular formula is C8H10N2O2. The zero-order chi connectivity index (χ0) is 8.72. The maximum absolute atomic E-state index is 11.1. The fraction of sp³-hybridized carbons (Fsp3) is 0.500. The van der Waals surface area contributed by atoms with E-state index in [1.54, 1.807) is 6.92 Å². The van der Waals surface area contributed by atoms with Crippen LogP contribution in [-0.2, 0) is 0 Å². The van der Waals surface area contributed by atoms with Gasteiger partial charge in [0.25, 0.3) is 5.56 Å². The molecule has 1 aliphatic carbocycles. The Morgan fingerprint density at radius 3 is 2.50 bits per heavy atom. The summed E-state index contributed by atoms with van der Waals surface area (Å²) >= 11 is 0. The number of rotatable bonds is 1. The van der Waals surface area contributed by atoms with Gasteiger partial charge in [0, 0.05) is 11.3 Å². The normalized spacial score (nSPS) is 16.4. The minimum absolute atomic E-state index is 0.263. The van der Waals surface area contributed by atoms with Crippen LogP contribution in [0.2, 0.25) is 0 Å². The fourth-order valence-corrected chi connectivity index (χ4v) is 1.35. The number of hydrogen-bond acceptors (Lipinski definition) is 2. The molecule has 4 nitrogen and oxygen atoms in total. The molecular weight excluding hydrogens is 156 g/mol. The lowest BCUT2D eigenvalue weighted by atomic mass is 10.2. The Labute approximate surface area is 68.6 Å². The van der Waals surface area contributed by atoms with Gasteiger partial charge in [0.05, 0.1) is 0 Å². The van der Waals surface area contributed by atoms with Crippen LogP contribution in [0.1, 0.15) is 30.0 Å². The molecule has 1 aromatic rings. The molecule has 1 aliphatic rings. The lowest BCUT2D eigenvalue weighted by molar-refractivity contribution is 0.900. The molecule has 0 aromatic carbocycles. The summed E-state index contributed by atoms with van der Waals surface area (Å²) in [7, 11) is 0. The first-order valence-electron chi connectivity index (χ1n) is 4.01. The van der Waals surface area contributed by atoms with Gasteiger partial charge in [0.15, 0.2) is 0 Å². The summed E-state index contributed by atoms with van der Waals surface area (Å²) in [4.78, 5) is 26.9. The van der Waals surface area contributed by atoms with Crippen molar-refractivity contribution in [1.82, 2.24) is 9.97 Å². The van der Waals surface area contributed by atoms with Gasteiger partial charge in [0.2, 0.25) is 0 Å². The van der Waals surface area contributed by atoms with Gasteiger partial charge in [-0.25, -0.2) is 4.79 Å². The van der Waals surface area contributed by atoms with Crippen molar-refractivity contribution in [3.63, 3.8) is 0 Å². The molecule has 1 saturated carbocycles. The van der Waals surface area contributed by atoms with Gasteiger partial charge >= 0.3 is 5.69 Å². The lowest BCUT2D eigenvalue weighted by Crippen LogP contribution is -2.26. The summed E-state index contributed by atoms with van der Waals surface area (Å²) in [6.45, 7) is 1.74. The summed E-state index contributed by atoms with van der Waals surface area (Å²) in [6.07, 6.45) is 2.17. The van der Waals surface area contributed by atoms with E-state index in [9.17, 15) is 9.59 Å². The van der Waals surface area contributed by atoms with Crippen LogP contribution in [0.15, 0.2) is 9.59 Å². The van der Waals surface area contributed by atoms with Gasteiger partial charge < -0.3 is 4.98 Å². The van der Waals surface area contributed by atoms with Crippen molar-refractivity contribution in [2.75, 3.05) is 0 Å². The third kappa shape index (κ3) is 1.09. The van der Waals surface area contributed by atoms with Crippen molar-refractivity contribution in [1.29, 1.82) is 0 Å². The van der Waals surface area contributed by atoms with Crippen LogP contribution in [0.3, 0.4) is 0 Å². The number of aromatic amines is 2. The number of aromatic nitrogens is 2. The summed E-state index contributed by atoms with van der Waals surface area (Å²) in [5, 5.41) is 0. The second kappa shape index (κ2) is 2.33. The van der Waals surface area contributed by atoms with Crippen molar-refractivity contribution in [2.45, 2.75) is 25.7 Å². The molecule has 1 aromatic heterocycles. The van der Waals surface area contributed by atoms with Crippen molar-refractivity contribution >= 4 is 0 Å². The maximum Gasteiger partial charge on any atom is 0.325 e. The van der Waals surface area contributed by atoms with Crippen molar-refractivity contribution in [2.24, 2.45) is 0 Å². The van der Waals surface area contributed by atoms with Crippen molar-refractivity contribution in [3.8, 4) is 0 Å². The third-order valence-corrected chi connectivity index (χ3v) is 2.21. The Morgan fingerprint density at radius 2 is 1.92 bits per heavy atom. The SMILES string of the molecule is Cc1c(C2CC2)[nH]c(=O)[nH]c1=O. The molecule has 0 radical (unpaired) electrons. The lowest BCUT2D eigenvalue weighted by Gasteiger charge is -1.99. The average molecular weight is 166 g/mol. The first-order valence-corrected chi connectivity index (χ1v) is 4.01. The Kier molecular flexibility index (Phi) is 1.43. The smallest absolute Gasteiger partial charge is 0.311 e. The molecule has 2 rings (SSSR count). The highest BCUT2D eigenvalue weighted by atomic mass is 16.2. The minimum Gasteiger partial charge on any atom is -0.311 e. The van der Waals surface area contributed by atoms with Gasteiger partial charge in [-0.1, -0.05) is 0 Å². The van der Waals surface area contributed by atoms with Crippen molar-refractivity contribution in [3.05, 3.63) is 32.1 Å². The van der Waals surface area contributed by atoms with E-state index in [1.165, 1.54) is 0 Å². The molecule has 0 aliphatic heterocycles. The second-order valence-electron chi connectivity index (χ2n) is 3.22. The maximum atomic E-state index is 11.1. The summed E-state index contributed by atoms with van der Waals surface area (Å²) < 4.78 is 0. The predicted octanol–water partition coefficient (Wildman–Crippen LogP) is 0.249. The zero-order valence-corrected chi connectivity index (χ0v) is 6.81. The highest BCUT2D eigenvalue weighted by Gasteiger charge is 2.26. The monoisotopic (exact) mass is 166 g/mol. The largest absolute Gasteiger partial charge is 0.325 e. The molecule has 1 heterocycles. The van der Waals surface area contributed by atoms with Crippen LogP contribution in [-0.4, -0.2) is 9.97 Å². The van der Waals surface area contributed by atoms with Crippen LogP contribution in [0.4, 0.5) is 0 Å². The van der Waals surface area contributed by atoms with Crippen LogP contribution in [0, 0.1) is 6.92 Å². The van der Waals surface area contributed by atoms with Gasteiger partial charge in [-0.05, 0) is 25.7 Å². The number of hydrogen-bond donors (Lipinski definition) is 2. The zero-order valence-electron chi connectivity index (χ0n) is 6.81. The molecule has 64 valence electrons. The molecule has 0 spiro atoms. The standard InChI is InChI=1S/C8H10N2O2/c1-4-6(5-2-3-5)9-8(12)10-7(4)11/h5H,2-3H2,1H3,(H2,9,10,11,12). The quantitative estimate of drug-likeness (QED) is 0.628. The van der Waals surface area contributed by atoms with E-state index in [1.807, 2.05) is 0 Å². The van der Waals surface area contributed by atoms with E-state index >= 15 is 0 Å². The molecule has 0 atom stereocenters. The van der Waals surface area contributed by atoms with Crippen LogP contribution in [0.5, 0.6) is 0 Å². The van der Waals surface area contributed by atoms with Crippen molar-refractivity contribution < 1.29 is 0 Å². The summed E-state index contributed by atoms with van der Waals surface area (Å²) in [6, 6.07) is 0. The predicted molar refractivity (Wildman–Crippen MR) is 44.4 cm³/mol. The first-order chi connectivity index (χ1) is 5.68. The number of H-pyrrole nitrogens is 2. The molecule has 12 heavy (non-hydrogen) atoms. The van der Waals surface area contributed by atoms with E-state index < -0.39 is 5.69 Å². The second-order valence-corrected chi connectivity index (χ2v) is 3.22. The van der Waals surface area contributed by atoms with E-state index in [4.69, 9.17) is 0 Å². The molecule has 1 fully saturated rings. The fourth-order valence-electron chi connectivity index (χ4n) is 1.35. The van der Waals surface area contributed by atoms with E-state index in [-0.39, 0.29) is 5.56 Å². The Bertz CT molecular complexity index is 412.